The number of pyridine rings is 1. The average molecular weight is 363 g/mol. The Morgan fingerprint density at radius 3 is 2.38 bits per heavy atom. The smallest absolute Gasteiger partial charge is 0.263 e. The molecule has 0 aliphatic heterocycles. The number of nitrogens with zero attached hydrogens (tertiary/aromatic N) is 2. The lowest BCUT2D eigenvalue weighted by atomic mass is 10.0. The number of sulfonamides is 1. The van der Waals surface area contributed by atoms with E-state index in [-0.39, 0.29) is 10.7 Å². The van der Waals surface area contributed by atoms with E-state index in [0.717, 1.165) is 16.8 Å². The van der Waals surface area contributed by atoms with Crippen molar-refractivity contribution in [2.45, 2.75) is 18.7 Å². The van der Waals surface area contributed by atoms with E-state index in [2.05, 4.69) is 15.8 Å². The van der Waals surface area contributed by atoms with Gasteiger partial charge in [-0.15, -0.1) is 0 Å². The second-order valence-electron chi connectivity index (χ2n) is 5.94. The van der Waals surface area contributed by atoms with E-state index < -0.39 is 10.0 Å². The zero-order valence-electron chi connectivity index (χ0n) is 14.4. The van der Waals surface area contributed by atoms with Crippen LogP contribution in [0.4, 0.5) is 5.82 Å². The molecule has 0 atom stereocenters. The number of nitrogens with one attached hydrogen (secondary N) is 1. The van der Waals surface area contributed by atoms with E-state index in [4.69, 9.17) is 5.26 Å². The third-order valence-corrected chi connectivity index (χ3v) is 5.43. The highest BCUT2D eigenvalue weighted by atomic mass is 32.2. The van der Waals surface area contributed by atoms with Gasteiger partial charge in [-0.25, -0.2) is 13.4 Å². The van der Waals surface area contributed by atoms with Crippen molar-refractivity contribution in [1.82, 2.24) is 4.98 Å². The lowest BCUT2D eigenvalue weighted by Crippen LogP contribution is -2.15. The average Bonchev–Trinajstić information content (AvgIpc) is 2.61. The lowest BCUT2D eigenvalue weighted by Gasteiger charge is -2.12. The minimum absolute atomic E-state index is 0.195. The number of hydrogen-bond acceptors (Lipinski definition) is 4. The van der Waals surface area contributed by atoms with E-state index in [1.807, 2.05) is 6.07 Å². The standard InChI is InChI=1S/C20H17N3O2S/c1-14-11-18(17-7-4-6-16(12-17)13-21)9-10-19(14)26(24,25)23-20-8-3-5-15(2)22-20/h3-12H,1-2H3,(H,22,23). The monoisotopic (exact) mass is 363 g/mol. The molecule has 0 bridgehead atoms. The van der Waals surface area contributed by atoms with Crippen LogP contribution < -0.4 is 4.72 Å². The number of rotatable bonds is 4. The van der Waals surface area contributed by atoms with Crippen LogP contribution in [0.5, 0.6) is 0 Å². The second-order valence-corrected chi connectivity index (χ2v) is 7.59. The molecular weight excluding hydrogens is 346 g/mol. The summed E-state index contributed by atoms with van der Waals surface area (Å²) in [6.45, 7) is 3.54. The first-order chi connectivity index (χ1) is 12.4. The molecule has 1 heterocycles. The van der Waals surface area contributed by atoms with E-state index in [0.29, 0.717) is 11.1 Å². The fraction of sp³-hybridized carbons (Fsp3) is 0.100. The van der Waals surface area contributed by atoms with Gasteiger partial charge in [-0.2, -0.15) is 5.26 Å². The molecule has 0 amide bonds. The van der Waals surface area contributed by atoms with Gasteiger partial charge in [0, 0.05) is 5.69 Å². The van der Waals surface area contributed by atoms with Crippen LogP contribution in [-0.2, 0) is 10.0 Å². The Morgan fingerprint density at radius 2 is 1.69 bits per heavy atom. The third-order valence-electron chi connectivity index (χ3n) is 3.92. The molecule has 130 valence electrons. The van der Waals surface area contributed by atoms with Crippen LogP contribution in [0.3, 0.4) is 0 Å². The van der Waals surface area contributed by atoms with Gasteiger partial charge in [-0.1, -0.05) is 30.3 Å². The van der Waals surface area contributed by atoms with Crippen molar-refractivity contribution in [1.29, 1.82) is 5.26 Å². The van der Waals surface area contributed by atoms with Gasteiger partial charge < -0.3 is 0 Å². The van der Waals surface area contributed by atoms with Crippen LogP contribution in [0, 0.1) is 25.2 Å². The molecule has 26 heavy (non-hydrogen) atoms. The Labute approximate surface area is 153 Å². The van der Waals surface area contributed by atoms with Crippen LogP contribution in [0.15, 0.2) is 65.6 Å². The summed E-state index contributed by atoms with van der Waals surface area (Å²) in [6.07, 6.45) is 0. The van der Waals surface area contributed by atoms with Crippen molar-refractivity contribution < 1.29 is 8.42 Å². The van der Waals surface area contributed by atoms with E-state index >= 15 is 0 Å². The number of aromatic nitrogens is 1. The number of anilines is 1. The normalized spacial score (nSPS) is 11.0. The van der Waals surface area contributed by atoms with Crippen LogP contribution in [0.2, 0.25) is 0 Å². The molecular formula is C20H17N3O2S. The molecule has 3 rings (SSSR count). The summed E-state index contributed by atoms with van der Waals surface area (Å²) in [7, 11) is -3.74. The van der Waals surface area contributed by atoms with Crippen LogP contribution >= 0.6 is 0 Å². The molecule has 0 radical (unpaired) electrons. The maximum absolute atomic E-state index is 12.7. The maximum Gasteiger partial charge on any atom is 0.263 e. The number of aryl methyl sites for hydroxylation is 2. The molecule has 2 aromatic carbocycles. The van der Waals surface area contributed by atoms with Gasteiger partial charge in [0.05, 0.1) is 16.5 Å². The molecule has 1 N–H and O–H groups in total. The Kier molecular flexibility index (Phi) is 4.74. The number of nitriles is 1. The Balaban J connectivity index is 1.95. The minimum atomic E-state index is -3.74. The zero-order chi connectivity index (χ0) is 18.7. The predicted molar refractivity (Wildman–Crippen MR) is 101 cm³/mol. The highest BCUT2D eigenvalue weighted by Gasteiger charge is 2.18. The summed E-state index contributed by atoms with van der Waals surface area (Å²) in [4.78, 5) is 4.37. The first kappa shape index (κ1) is 17.6. The van der Waals surface area contributed by atoms with Crippen molar-refractivity contribution >= 4 is 15.8 Å². The van der Waals surface area contributed by atoms with Crippen molar-refractivity contribution in [3.8, 4) is 17.2 Å². The van der Waals surface area contributed by atoms with Gasteiger partial charge in [0.15, 0.2) is 0 Å². The Hall–Kier alpha value is -3.17. The summed E-state index contributed by atoms with van der Waals surface area (Å²) < 4.78 is 27.9. The van der Waals surface area contributed by atoms with Gasteiger partial charge in [0.25, 0.3) is 10.0 Å². The summed E-state index contributed by atoms with van der Waals surface area (Å²) in [5.74, 6) is 0.287. The topological polar surface area (TPSA) is 82.9 Å². The summed E-state index contributed by atoms with van der Waals surface area (Å²) in [5.41, 5.74) is 3.63. The van der Waals surface area contributed by atoms with Crippen molar-refractivity contribution in [2.75, 3.05) is 4.72 Å². The highest BCUT2D eigenvalue weighted by molar-refractivity contribution is 7.92. The fourth-order valence-electron chi connectivity index (χ4n) is 2.69. The molecule has 0 spiro atoms. The Morgan fingerprint density at radius 1 is 0.962 bits per heavy atom. The lowest BCUT2D eigenvalue weighted by molar-refractivity contribution is 0.600. The largest absolute Gasteiger partial charge is 0.263 e. The second kappa shape index (κ2) is 6.98. The van der Waals surface area contributed by atoms with Gasteiger partial charge in [0.1, 0.15) is 5.82 Å². The SMILES string of the molecule is Cc1cccc(NS(=O)(=O)c2ccc(-c3cccc(C#N)c3)cc2C)n1. The predicted octanol–water partition coefficient (Wildman–Crippen LogP) is 4.04. The number of hydrogen-bond donors (Lipinski definition) is 1. The minimum Gasteiger partial charge on any atom is -0.263 e. The summed E-state index contributed by atoms with van der Waals surface area (Å²) >= 11 is 0. The van der Waals surface area contributed by atoms with E-state index in [1.165, 1.54) is 0 Å². The van der Waals surface area contributed by atoms with Gasteiger partial charge in [-0.05, 0) is 60.9 Å². The first-order valence-electron chi connectivity index (χ1n) is 7.97. The molecule has 0 saturated heterocycles. The zero-order valence-corrected chi connectivity index (χ0v) is 15.2. The molecule has 0 aliphatic rings. The first-order valence-corrected chi connectivity index (χ1v) is 9.45. The molecule has 0 unspecified atom stereocenters. The van der Waals surface area contributed by atoms with Crippen molar-refractivity contribution in [3.63, 3.8) is 0 Å². The summed E-state index contributed by atoms with van der Waals surface area (Å²) in [5, 5.41) is 9.03. The molecule has 1 aromatic heterocycles. The molecule has 0 saturated carbocycles. The molecule has 3 aromatic rings. The summed E-state index contributed by atoms with van der Waals surface area (Å²) in [6, 6.07) is 19.6. The van der Waals surface area contributed by atoms with Crippen LogP contribution in [-0.4, -0.2) is 13.4 Å². The van der Waals surface area contributed by atoms with Gasteiger partial charge in [0.2, 0.25) is 0 Å². The Bertz CT molecular complexity index is 1120. The van der Waals surface area contributed by atoms with Crippen LogP contribution in [0.1, 0.15) is 16.8 Å². The van der Waals surface area contributed by atoms with Crippen molar-refractivity contribution in [2.24, 2.45) is 0 Å². The van der Waals surface area contributed by atoms with Gasteiger partial charge >= 0.3 is 0 Å². The fourth-order valence-corrected chi connectivity index (χ4v) is 3.92. The molecule has 6 heteroatoms. The van der Waals surface area contributed by atoms with Crippen LogP contribution in [0.25, 0.3) is 11.1 Å². The molecule has 0 aliphatic carbocycles. The van der Waals surface area contributed by atoms with Crippen molar-refractivity contribution in [3.05, 3.63) is 77.5 Å². The maximum atomic E-state index is 12.7. The molecule has 5 nitrogen and oxygen atoms in total. The quantitative estimate of drug-likeness (QED) is 0.758. The highest BCUT2D eigenvalue weighted by Crippen LogP contribution is 2.26. The third kappa shape index (κ3) is 3.73. The van der Waals surface area contributed by atoms with E-state index in [1.54, 1.807) is 68.4 Å². The molecule has 0 fully saturated rings. The van der Waals surface area contributed by atoms with E-state index in [9.17, 15) is 8.42 Å². The number of benzene rings is 2. The van der Waals surface area contributed by atoms with Gasteiger partial charge in [-0.3, -0.25) is 4.72 Å².